The van der Waals surface area contributed by atoms with Gasteiger partial charge in [0.05, 0.1) is 26.2 Å². The molecule has 0 atom stereocenters. The number of amides is 1. The fourth-order valence-electron chi connectivity index (χ4n) is 2.56. The first kappa shape index (κ1) is 20.6. The quantitative estimate of drug-likeness (QED) is 0.747. The van der Waals surface area contributed by atoms with Gasteiger partial charge in [-0.3, -0.25) is 9.10 Å². The van der Waals surface area contributed by atoms with E-state index in [-0.39, 0.29) is 18.9 Å². The van der Waals surface area contributed by atoms with Crippen LogP contribution in [0.4, 0.5) is 11.4 Å². The van der Waals surface area contributed by atoms with Gasteiger partial charge in [-0.15, -0.1) is 0 Å². The second-order valence-corrected chi connectivity index (χ2v) is 7.94. The Balaban J connectivity index is 2.13. The zero-order chi connectivity index (χ0) is 20.0. The molecule has 0 fully saturated rings. The van der Waals surface area contributed by atoms with Crippen LogP contribution in [-0.4, -0.2) is 41.3 Å². The number of rotatable bonds is 8. The van der Waals surface area contributed by atoms with E-state index in [4.69, 9.17) is 9.47 Å². The van der Waals surface area contributed by atoms with E-state index < -0.39 is 10.0 Å². The van der Waals surface area contributed by atoms with Crippen LogP contribution in [0.1, 0.15) is 12.0 Å². The minimum absolute atomic E-state index is 0.000630. The van der Waals surface area contributed by atoms with Crippen molar-refractivity contribution in [3.8, 4) is 11.5 Å². The number of benzene rings is 2. The highest BCUT2D eigenvalue weighted by molar-refractivity contribution is 7.92. The average Bonchev–Trinajstić information content (AvgIpc) is 2.61. The number of sulfonamides is 1. The monoisotopic (exact) mass is 392 g/mol. The summed E-state index contributed by atoms with van der Waals surface area (Å²) in [6, 6.07) is 12.2. The topological polar surface area (TPSA) is 84.9 Å². The smallest absolute Gasteiger partial charge is 0.232 e. The molecule has 0 aliphatic heterocycles. The fraction of sp³-hybridized carbons (Fsp3) is 0.316. The Morgan fingerprint density at radius 3 is 2.30 bits per heavy atom. The number of carbonyl (C=O) groups excluding carboxylic acids is 1. The SMILES string of the molecule is COc1ccc(NC(=O)CCN(c2cc(C)ccc2OC)S(C)(=O)=O)cc1. The van der Waals surface area contributed by atoms with Crippen molar-refractivity contribution in [2.75, 3.05) is 36.6 Å². The van der Waals surface area contributed by atoms with Gasteiger partial charge in [0.15, 0.2) is 0 Å². The second kappa shape index (κ2) is 8.77. The molecule has 0 aromatic heterocycles. The maximum Gasteiger partial charge on any atom is 0.232 e. The maximum atomic E-state index is 12.3. The van der Waals surface area contributed by atoms with Crippen molar-refractivity contribution >= 4 is 27.3 Å². The number of ether oxygens (including phenoxy) is 2. The van der Waals surface area contributed by atoms with Crippen LogP contribution < -0.4 is 19.1 Å². The van der Waals surface area contributed by atoms with Crippen LogP contribution in [0.5, 0.6) is 11.5 Å². The summed E-state index contributed by atoms with van der Waals surface area (Å²) in [4.78, 5) is 12.3. The van der Waals surface area contributed by atoms with Crippen LogP contribution in [0.15, 0.2) is 42.5 Å². The molecule has 146 valence electrons. The van der Waals surface area contributed by atoms with Gasteiger partial charge in [0.2, 0.25) is 15.9 Å². The van der Waals surface area contributed by atoms with Crippen molar-refractivity contribution in [2.45, 2.75) is 13.3 Å². The third kappa shape index (κ3) is 5.62. The number of hydrogen-bond acceptors (Lipinski definition) is 5. The van der Waals surface area contributed by atoms with Crippen molar-refractivity contribution in [1.82, 2.24) is 0 Å². The molecule has 1 amide bonds. The van der Waals surface area contributed by atoms with Gasteiger partial charge in [0, 0.05) is 18.7 Å². The molecule has 0 aliphatic carbocycles. The molecule has 7 nitrogen and oxygen atoms in total. The summed E-state index contributed by atoms with van der Waals surface area (Å²) in [5, 5.41) is 2.74. The molecule has 2 aromatic rings. The lowest BCUT2D eigenvalue weighted by molar-refractivity contribution is -0.116. The molecule has 8 heteroatoms. The molecule has 0 saturated heterocycles. The first-order chi connectivity index (χ1) is 12.7. The minimum Gasteiger partial charge on any atom is -0.497 e. The molecular formula is C19H24N2O5S. The number of hydrogen-bond donors (Lipinski definition) is 1. The van der Waals surface area contributed by atoms with Crippen LogP contribution in [0, 0.1) is 6.92 Å². The van der Waals surface area contributed by atoms with Gasteiger partial charge in [-0.2, -0.15) is 0 Å². The number of nitrogens with zero attached hydrogens (tertiary/aromatic N) is 1. The van der Waals surface area contributed by atoms with Gasteiger partial charge in [0.1, 0.15) is 11.5 Å². The third-order valence-electron chi connectivity index (χ3n) is 3.92. The minimum atomic E-state index is -3.59. The zero-order valence-electron chi connectivity index (χ0n) is 15.9. The van der Waals surface area contributed by atoms with Crippen molar-refractivity contribution in [1.29, 1.82) is 0 Å². The van der Waals surface area contributed by atoms with E-state index in [9.17, 15) is 13.2 Å². The molecule has 0 radical (unpaired) electrons. The van der Waals surface area contributed by atoms with Gasteiger partial charge in [0.25, 0.3) is 0 Å². The Bertz CT molecular complexity index is 895. The highest BCUT2D eigenvalue weighted by Gasteiger charge is 2.22. The van der Waals surface area contributed by atoms with Crippen molar-refractivity contribution < 1.29 is 22.7 Å². The summed E-state index contributed by atoms with van der Waals surface area (Å²) < 4.78 is 36.1. The Hall–Kier alpha value is -2.74. The summed E-state index contributed by atoms with van der Waals surface area (Å²) >= 11 is 0. The van der Waals surface area contributed by atoms with Gasteiger partial charge >= 0.3 is 0 Å². The molecule has 2 aromatic carbocycles. The normalized spacial score (nSPS) is 11.0. The van der Waals surface area contributed by atoms with E-state index in [1.165, 1.54) is 11.4 Å². The van der Waals surface area contributed by atoms with Crippen LogP contribution in [-0.2, 0) is 14.8 Å². The molecular weight excluding hydrogens is 368 g/mol. The Labute approximate surface area is 160 Å². The van der Waals surface area contributed by atoms with Crippen LogP contribution >= 0.6 is 0 Å². The standard InChI is InChI=1S/C19H24N2O5S/c1-14-5-10-18(26-3)17(13-14)21(27(4,23)24)12-11-19(22)20-15-6-8-16(25-2)9-7-15/h5-10,13H,11-12H2,1-4H3,(H,20,22). The van der Waals surface area contributed by atoms with E-state index in [1.807, 2.05) is 13.0 Å². The third-order valence-corrected chi connectivity index (χ3v) is 5.10. The summed E-state index contributed by atoms with van der Waals surface area (Å²) in [6.07, 6.45) is 1.10. The number of anilines is 2. The molecule has 0 aliphatic rings. The van der Waals surface area contributed by atoms with Crippen LogP contribution in [0.3, 0.4) is 0 Å². The molecule has 0 saturated carbocycles. The molecule has 0 unspecified atom stereocenters. The van der Waals surface area contributed by atoms with Gasteiger partial charge in [-0.05, 0) is 48.9 Å². The highest BCUT2D eigenvalue weighted by Crippen LogP contribution is 2.31. The van der Waals surface area contributed by atoms with Crippen molar-refractivity contribution in [3.63, 3.8) is 0 Å². The maximum absolute atomic E-state index is 12.3. The Kier molecular flexibility index (Phi) is 6.68. The predicted molar refractivity (Wildman–Crippen MR) is 106 cm³/mol. The molecule has 1 N–H and O–H groups in total. The molecule has 0 heterocycles. The second-order valence-electron chi connectivity index (χ2n) is 6.04. The molecule has 0 bridgehead atoms. The Morgan fingerprint density at radius 2 is 1.74 bits per heavy atom. The zero-order valence-corrected chi connectivity index (χ0v) is 16.7. The van der Waals surface area contributed by atoms with E-state index in [0.29, 0.717) is 22.9 Å². The first-order valence-electron chi connectivity index (χ1n) is 8.31. The summed E-state index contributed by atoms with van der Waals surface area (Å²) in [6.45, 7) is 1.86. The van der Waals surface area contributed by atoms with Crippen molar-refractivity contribution in [3.05, 3.63) is 48.0 Å². The van der Waals surface area contributed by atoms with Gasteiger partial charge in [-0.25, -0.2) is 8.42 Å². The summed E-state index contributed by atoms with van der Waals surface area (Å²) in [7, 11) is -0.548. The van der Waals surface area contributed by atoms with Gasteiger partial charge in [-0.1, -0.05) is 6.07 Å². The predicted octanol–water partition coefficient (Wildman–Crippen LogP) is 2.81. The first-order valence-corrected chi connectivity index (χ1v) is 10.2. The van der Waals surface area contributed by atoms with E-state index in [1.54, 1.807) is 43.5 Å². The van der Waals surface area contributed by atoms with Gasteiger partial charge < -0.3 is 14.8 Å². The number of aryl methyl sites for hydroxylation is 1. The lowest BCUT2D eigenvalue weighted by Gasteiger charge is -2.24. The van der Waals surface area contributed by atoms with Crippen LogP contribution in [0.25, 0.3) is 0 Å². The molecule has 2 rings (SSSR count). The van der Waals surface area contributed by atoms with E-state index in [0.717, 1.165) is 11.8 Å². The highest BCUT2D eigenvalue weighted by atomic mass is 32.2. The van der Waals surface area contributed by atoms with E-state index in [2.05, 4.69) is 5.32 Å². The lowest BCUT2D eigenvalue weighted by Crippen LogP contribution is -2.33. The number of carbonyl (C=O) groups is 1. The molecule has 27 heavy (non-hydrogen) atoms. The summed E-state index contributed by atoms with van der Waals surface area (Å²) in [5.74, 6) is 0.824. The average molecular weight is 392 g/mol. The van der Waals surface area contributed by atoms with Crippen LogP contribution in [0.2, 0.25) is 0 Å². The number of methoxy groups -OCH3 is 2. The Morgan fingerprint density at radius 1 is 1.07 bits per heavy atom. The van der Waals surface area contributed by atoms with Crippen molar-refractivity contribution in [2.24, 2.45) is 0 Å². The summed E-state index contributed by atoms with van der Waals surface area (Å²) in [5.41, 5.74) is 1.92. The van der Waals surface area contributed by atoms with E-state index >= 15 is 0 Å². The fourth-order valence-corrected chi connectivity index (χ4v) is 3.48. The lowest BCUT2D eigenvalue weighted by atomic mass is 10.2. The number of nitrogens with one attached hydrogen (secondary N) is 1. The largest absolute Gasteiger partial charge is 0.497 e. The molecule has 0 spiro atoms.